The monoisotopic (exact) mass is 335 g/mol. The van der Waals surface area contributed by atoms with Crippen molar-refractivity contribution in [2.75, 3.05) is 26.2 Å². The number of fused-ring (bicyclic) bond motifs is 1. The van der Waals surface area contributed by atoms with E-state index in [-0.39, 0.29) is 11.8 Å². The minimum atomic E-state index is -0.131. The molecule has 0 atom stereocenters. The normalized spacial score (nSPS) is 14.7. The minimum absolute atomic E-state index is 0.0177. The highest BCUT2D eigenvalue weighted by Gasteiger charge is 2.26. The van der Waals surface area contributed by atoms with Crippen LogP contribution in [0.25, 0.3) is 10.9 Å². The molecule has 3 aromatic rings. The van der Waals surface area contributed by atoms with Crippen molar-refractivity contribution in [3.63, 3.8) is 0 Å². The number of carbonyl (C=O) groups excluding carboxylic acids is 2. The Morgan fingerprint density at radius 2 is 1.68 bits per heavy atom. The molecular weight excluding hydrogens is 318 g/mol. The zero-order valence-electron chi connectivity index (χ0n) is 13.6. The fourth-order valence-corrected chi connectivity index (χ4v) is 3.06. The smallest absolute Gasteiger partial charge is 0.289 e. The molecule has 6 heteroatoms. The predicted molar refractivity (Wildman–Crippen MR) is 92.3 cm³/mol. The van der Waals surface area contributed by atoms with Crippen LogP contribution in [0.15, 0.2) is 59.3 Å². The molecule has 0 unspecified atom stereocenters. The number of rotatable bonds is 2. The van der Waals surface area contributed by atoms with Crippen molar-refractivity contribution in [1.29, 1.82) is 0 Å². The van der Waals surface area contributed by atoms with Crippen LogP contribution >= 0.6 is 0 Å². The van der Waals surface area contributed by atoms with E-state index in [1.54, 1.807) is 34.2 Å². The first-order valence-corrected chi connectivity index (χ1v) is 8.19. The van der Waals surface area contributed by atoms with E-state index in [4.69, 9.17) is 4.42 Å². The number of amides is 2. The van der Waals surface area contributed by atoms with Gasteiger partial charge in [-0.05, 0) is 36.4 Å². The quantitative estimate of drug-likeness (QED) is 0.721. The lowest BCUT2D eigenvalue weighted by molar-refractivity contribution is 0.0518. The number of hydrogen-bond acceptors (Lipinski definition) is 4. The van der Waals surface area contributed by atoms with E-state index in [2.05, 4.69) is 4.98 Å². The number of nitrogens with zero attached hydrogens (tertiary/aromatic N) is 3. The van der Waals surface area contributed by atoms with Gasteiger partial charge in [0.05, 0.1) is 11.8 Å². The maximum Gasteiger partial charge on any atom is 0.289 e. The molecular formula is C19H17N3O3. The average molecular weight is 335 g/mol. The molecule has 0 aliphatic carbocycles. The molecule has 0 radical (unpaired) electrons. The highest BCUT2D eigenvalue weighted by Crippen LogP contribution is 2.16. The van der Waals surface area contributed by atoms with Crippen LogP contribution < -0.4 is 0 Å². The van der Waals surface area contributed by atoms with E-state index in [1.165, 1.54) is 6.26 Å². The Balaban J connectivity index is 1.44. The van der Waals surface area contributed by atoms with Crippen molar-refractivity contribution in [1.82, 2.24) is 14.8 Å². The summed E-state index contributed by atoms with van der Waals surface area (Å²) in [5.74, 6) is 0.187. The third kappa shape index (κ3) is 2.98. The molecule has 126 valence electrons. The SMILES string of the molecule is O=C(c1ccc2ncccc2c1)N1CCN(C(=O)c2ccco2)CC1. The standard InChI is InChI=1S/C19H17N3O3/c23-18(15-5-6-16-14(13-15)3-1-7-20-16)21-8-10-22(11-9-21)19(24)17-4-2-12-25-17/h1-7,12-13H,8-11H2. The Labute approximate surface area is 144 Å². The third-order valence-electron chi connectivity index (χ3n) is 4.44. The molecule has 2 amide bonds. The van der Waals surface area contributed by atoms with Gasteiger partial charge in [-0.3, -0.25) is 14.6 Å². The van der Waals surface area contributed by atoms with E-state index in [9.17, 15) is 9.59 Å². The predicted octanol–water partition coefficient (Wildman–Crippen LogP) is 2.43. The Morgan fingerprint density at radius 3 is 2.40 bits per heavy atom. The summed E-state index contributed by atoms with van der Waals surface area (Å²) in [6.07, 6.45) is 3.22. The van der Waals surface area contributed by atoms with Gasteiger partial charge in [0.1, 0.15) is 0 Å². The topological polar surface area (TPSA) is 66.7 Å². The van der Waals surface area contributed by atoms with Crippen LogP contribution in [0.5, 0.6) is 0 Å². The summed E-state index contributed by atoms with van der Waals surface area (Å²) in [6.45, 7) is 2.02. The summed E-state index contributed by atoms with van der Waals surface area (Å²) in [5, 5.41) is 0.944. The number of furan rings is 1. The maximum atomic E-state index is 12.7. The van der Waals surface area contributed by atoms with Crippen molar-refractivity contribution in [3.05, 3.63) is 66.2 Å². The summed E-state index contributed by atoms with van der Waals surface area (Å²) >= 11 is 0. The first-order valence-electron chi connectivity index (χ1n) is 8.19. The summed E-state index contributed by atoms with van der Waals surface area (Å²) in [4.78, 5) is 32.8. The van der Waals surface area contributed by atoms with Crippen LogP contribution in [-0.2, 0) is 0 Å². The Morgan fingerprint density at radius 1 is 0.920 bits per heavy atom. The lowest BCUT2D eigenvalue weighted by Gasteiger charge is -2.34. The van der Waals surface area contributed by atoms with Crippen LogP contribution in [0, 0.1) is 0 Å². The number of carbonyl (C=O) groups is 2. The highest BCUT2D eigenvalue weighted by molar-refractivity contribution is 5.98. The van der Waals surface area contributed by atoms with E-state index >= 15 is 0 Å². The Hall–Kier alpha value is -3.15. The van der Waals surface area contributed by atoms with Crippen LogP contribution in [0.1, 0.15) is 20.9 Å². The number of aromatic nitrogens is 1. The van der Waals surface area contributed by atoms with Gasteiger partial charge in [0.2, 0.25) is 0 Å². The molecule has 0 N–H and O–H groups in total. The first-order chi connectivity index (χ1) is 12.2. The second-order valence-electron chi connectivity index (χ2n) is 5.97. The molecule has 1 fully saturated rings. The maximum absolute atomic E-state index is 12.7. The molecule has 1 saturated heterocycles. The van der Waals surface area contributed by atoms with Gasteiger partial charge in [-0.15, -0.1) is 0 Å². The molecule has 4 rings (SSSR count). The molecule has 25 heavy (non-hydrogen) atoms. The number of pyridine rings is 1. The highest BCUT2D eigenvalue weighted by atomic mass is 16.3. The van der Waals surface area contributed by atoms with Crippen LogP contribution in [-0.4, -0.2) is 52.8 Å². The van der Waals surface area contributed by atoms with E-state index < -0.39 is 0 Å². The van der Waals surface area contributed by atoms with Gasteiger partial charge in [-0.1, -0.05) is 6.07 Å². The third-order valence-corrected chi connectivity index (χ3v) is 4.44. The minimum Gasteiger partial charge on any atom is -0.459 e. The van der Waals surface area contributed by atoms with Crippen LogP contribution in [0.4, 0.5) is 0 Å². The van der Waals surface area contributed by atoms with Gasteiger partial charge < -0.3 is 14.2 Å². The van der Waals surface area contributed by atoms with Crippen molar-refractivity contribution in [2.45, 2.75) is 0 Å². The molecule has 1 aliphatic rings. The summed E-state index contributed by atoms with van der Waals surface area (Å²) < 4.78 is 5.16. The van der Waals surface area contributed by atoms with E-state index in [0.717, 1.165) is 10.9 Å². The average Bonchev–Trinajstić information content (AvgIpc) is 3.21. The molecule has 0 bridgehead atoms. The van der Waals surface area contributed by atoms with Crippen LogP contribution in [0.2, 0.25) is 0 Å². The van der Waals surface area contributed by atoms with Gasteiger partial charge in [-0.2, -0.15) is 0 Å². The molecule has 1 aliphatic heterocycles. The van der Waals surface area contributed by atoms with Crippen molar-refractivity contribution < 1.29 is 14.0 Å². The lowest BCUT2D eigenvalue weighted by atomic mass is 10.1. The molecule has 0 spiro atoms. The van der Waals surface area contributed by atoms with Gasteiger partial charge in [0.25, 0.3) is 11.8 Å². The van der Waals surface area contributed by atoms with E-state index in [0.29, 0.717) is 37.5 Å². The fraction of sp³-hybridized carbons (Fsp3) is 0.211. The van der Waals surface area contributed by atoms with Gasteiger partial charge >= 0.3 is 0 Å². The summed E-state index contributed by atoms with van der Waals surface area (Å²) in [7, 11) is 0. The Bertz CT molecular complexity index is 913. The number of hydrogen-bond donors (Lipinski definition) is 0. The second kappa shape index (κ2) is 6.39. The van der Waals surface area contributed by atoms with Crippen molar-refractivity contribution in [3.8, 4) is 0 Å². The van der Waals surface area contributed by atoms with Gasteiger partial charge in [0.15, 0.2) is 5.76 Å². The largest absolute Gasteiger partial charge is 0.459 e. The van der Waals surface area contributed by atoms with E-state index in [1.807, 2.05) is 24.3 Å². The van der Waals surface area contributed by atoms with Gasteiger partial charge in [0, 0.05) is 43.3 Å². The summed E-state index contributed by atoms with van der Waals surface area (Å²) in [6, 6.07) is 12.7. The number of benzene rings is 1. The summed E-state index contributed by atoms with van der Waals surface area (Å²) in [5.41, 5.74) is 1.51. The molecule has 6 nitrogen and oxygen atoms in total. The fourth-order valence-electron chi connectivity index (χ4n) is 3.06. The Kier molecular flexibility index (Phi) is 3.93. The molecule has 2 aromatic heterocycles. The van der Waals surface area contributed by atoms with Crippen molar-refractivity contribution in [2.24, 2.45) is 0 Å². The second-order valence-corrected chi connectivity index (χ2v) is 5.97. The first kappa shape index (κ1) is 15.4. The van der Waals surface area contributed by atoms with Crippen LogP contribution in [0.3, 0.4) is 0 Å². The molecule has 3 heterocycles. The molecule has 1 aromatic carbocycles. The zero-order valence-corrected chi connectivity index (χ0v) is 13.6. The lowest BCUT2D eigenvalue weighted by Crippen LogP contribution is -2.50. The van der Waals surface area contributed by atoms with Crippen molar-refractivity contribution >= 4 is 22.7 Å². The molecule has 0 saturated carbocycles. The number of piperazine rings is 1. The van der Waals surface area contributed by atoms with Gasteiger partial charge in [-0.25, -0.2) is 0 Å². The zero-order chi connectivity index (χ0) is 17.2.